The van der Waals surface area contributed by atoms with E-state index in [0.29, 0.717) is 18.5 Å². The van der Waals surface area contributed by atoms with Gasteiger partial charge in [0.2, 0.25) is 10.0 Å². The Kier molecular flexibility index (Phi) is 5.99. The molecule has 0 amide bonds. The summed E-state index contributed by atoms with van der Waals surface area (Å²) in [6, 6.07) is 16.4. The van der Waals surface area contributed by atoms with Gasteiger partial charge in [-0.15, -0.1) is 0 Å². The molecule has 0 atom stereocenters. The van der Waals surface area contributed by atoms with Gasteiger partial charge in [-0.2, -0.15) is 4.31 Å². The van der Waals surface area contributed by atoms with E-state index in [2.05, 4.69) is 4.90 Å². The molecule has 2 aliphatic heterocycles. The number of benzene rings is 2. The number of Topliss-reactive ketones (excluding diaryl/α,β-unsaturated/α-hetero) is 1. The van der Waals surface area contributed by atoms with E-state index in [1.807, 2.05) is 30.3 Å². The van der Waals surface area contributed by atoms with Gasteiger partial charge in [-0.1, -0.05) is 30.3 Å². The predicted molar refractivity (Wildman–Crippen MR) is 111 cm³/mol. The lowest BCUT2D eigenvalue weighted by atomic mass is 10.1. The van der Waals surface area contributed by atoms with Gasteiger partial charge in [0.1, 0.15) is 11.9 Å². The molecule has 1 saturated heterocycles. The number of rotatable bonds is 6. The molecule has 1 fully saturated rings. The number of hydrogen-bond acceptors (Lipinski definition) is 5. The minimum atomic E-state index is -3.59. The van der Waals surface area contributed by atoms with Crippen molar-refractivity contribution in [3.63, 3.8) is 0 Å². The number of nitrogens with zero attached hydrogens (tertiary/aromatic N) is 2. The Labute approximate surface area is 172 Å². The Morgan fingerprint density at radius 2 is 1.62 bits per heavy atom. The van der Waals surface area contributed by atoms with Gasteiger partial charge in [-0.3, -0.25) is 4.79 Å². The van der Waals surface area contributed by atoms with E-state index >= 15 is 0 Å². The fraction of sp³-hybridized carbons (Fsp3) is 0.409. The van der Waals surface area contributed by atoms with E-state index < -0.39 is 10.0 Å². The molecule has 2 aliphatic rings. The highest BCUT2D eigenvalue weighted by atomic mass is 32.2. The Bertz CT molecular complexity index is 954. The third kappa shape index (κ3) is 4.52. The van der Waals surface area contributed by atoms with Gasteiger partial charge in [0.05, 0.1) is 11.4 Å². The first-order valence-corrected chi connectivity index (χ1v) is 11.5. The second-order valence-electron chi connectivity index (χ2n) is 7.58. The van der Waals surface area contributed by atoms with Crippen LogP contribution in [0.4, 0.5) is 0 Å². The van der Waals surface area contributed by atoms with Crippen molar-refractivity contribution in [2.75, 3.05) is 32.7 Å². The van der Waals surface area contributed by atoms with E-state index in [1.54, 1.807) is 18.2 Å². The molecule has 2 heterocycles. The molecule has 6 nitrogen and oxygen atoms in total. The van der Waals surface area contributed by atoms with Crippen molar-refractivity contribution in [3.05, 3.63) is 60.2 Å². The average molecular weight is 415 g/mol. The highest BCUT2D eigenvalue weighted by Crippen LogP contribution is 2.26. The third-order valence-corrected chi connectivity index (χ3v) is 7.49. The van der Waals surface area contributed by atoms with E-state index in [-0.39, 0.29) is 23.3 Å². The number of ketones is 1. The van der Waals surface area contributed by atoms with Gasteiger partial charge < -0.3 is 9.64 Å². The fourth-order valence-electron chi connectivity index (χ4n) is 4.00. The van der Waals surface area contributed by atoms with Gasteiger partial charge in [0, 0.05) is 25.2 Å². The summed E-state index contributed by atoms with van der Waals surface area (Å²) in [5.41, 5.74) is 0.309. The first-order valence-electron chi connectivity index (χ1n) is 10.1. The summed E-state index contributed by atoms with van der Waals surface area (Å²) in [5.74, 6) is 0.778. The lowest BCUT2D eigenvalue weighted by molar-refractivity contribution is 0.0933. The van der Waals surface area contributed by atoms with Crippen LogP contribution in [0.2, 0.25) is 0 Å². The molecular weight excluding hydrogens is 388 g/mol. The van der Waals surface area contributed by atoms with Gasteiger partial charge >= 0.3 is 0 Å². The SMILES string of the molecule is O=C1CN(CCCN2CCC(Oc3ccccc3)CC2)S(=O)(=O)c2ccccc21. The molecule has 0 spiro atoms. The molecule has 0 bridgehead atoms. The molecule has 154 valence electrons. The van der Waals surface area contributed by atoms with E-state index in [0.717, 1.165) is 38.2 Å². The van der Waals surface area contributed by atoms with Crippen molar-refractivity contribution in [1.29, 1.82) is 0 Å². The number of ether oxygens (including phenoxy) is 1. The molecule has 0 aliphatic carbocycles. The highest BCUT2D eigenvalue weighted by Gasteiger charge is 2.35. The van der Waals surface area contributed by atoms with Crippen LogP contribution in [0.25, 0.3) is 0 Å². The van der Waals surface area contributed by atoms with Crippen LogP contribution in [0.15, 0.2) is 59.5 Å². The first-order chi connectivity index (χ1) is 14.0. The summed E-state index contributed by atoms with van der Waals surface area (Å²) in [6.07, 6.45) is 2.86. The normalized spacial score (nSPS) is 20.3. The Morgan fingerprint density at radius 3 is 2.38 bits per heavy atom. The highest BCUT2D eigenvalue weighted by molar-refractivity contribution is 7.89. The minimum absolute atomic E-state index is 0.0632. The smallest absolute Gasteiger partial charge is 0.244 e. The zero-order valence-electron chi connectivity index (χ0n) is 16.4. The maximum absolute atomic E-state index is 12.8. The molecule has 7 heteroatoms. The minimum Gasteiger partial charge on any atom is -0.490 e. The van der Waals surface area contributed by atoms with Gasteiger partial charge in [-0.05, 0) is 50.1 Å². The topological polar surface area (TPSA) is 66.9 Å². The van der Waals surface area contributed by atoms with Crippen molar-refractivity contribution < 1.29 is 17.9 Å². The Hall–Kier alpha value is -2.22. The second-order valence-corrected chi connectivity index (χ2v) is 9.49. The van der Waals surface area contributed by atoms with Crippen LogP contribution >= 0.6 is 0 Å². The van der Waals surface area contributed by atoms with Crippen molar-refractivity contribution in [3.8, 4) is 5.75 Å². The maximum atomic E-state index is 12.8. The first kappa shape index (κ1) is 20.1. The number of likely N-dealkylation sites (tertiary alicyclic amines) is 1. The van der Waals surface area contributed by atoms with Crippen molar-refractivity contribution >= 4 is 15.8 Å². The van der Waals surface area contributed by atoms with Crippen molar-refractivity contribution in [1.82, 2.24) is 9.21 Å². The predicted octanol–water partition coefficient (Wildman–Crippen LogP) is 2.81. The van der Waals surface area contributed by atoms with Crippen LogP contribution < -0.4 is 4.74 Å². The molecule has 0 N–H and O–H groups in total. The number of fused-ring (bicyclic) bond motifs is 1. The van der Waals surface area contributed by atoms with Crippen LogP contribution in [0.5, 0.6) is 5.75 Å². The van der Waals surface area contributed by atoms with Crippen molar-refractivity contribution in [2.45, 2.75) is 30.3 Å². The molecule has 0 saturated carbocycles. The summed E-state index contributed by atoms with van der Waals surface area (Å²) in [5, 5.41) is 0. The largest absolute Gasteiger partial charge is 0.490 e. The summed E-state index contributed by atoms with van der Waals surface area (Å²) < 4.78 is 32.9. The number of carbonyl (C=O) groups excluding carboxylic acids is 1. The molecular formula is C22H26N2O4S. The van der Waals surface area contributed by atoms with Crippen LogP contribution in [0.3, 0.4) is 0 Å². The van der Waals surface area contributed by atoms with Crippen LogP contribution in [-0.2, 0) is 10.0 Å². The number of carbonyl (C=O) groups is 1. The number of para-hydroxylation sites is 1. The average Bonchev–Trinajstić information content (AvgIpc) is 2.74. The summed E-state index contributed by atoms with van der Waals surface area (Å²) >= 11 is 0. The number of sulfonamides is 1. The third-order valence-electron chi connectivity index (χ3n) is 5.59. The van der Waals surface area contributed by atoms with Gasteiger partial charge in [0.25, 0.3) is 0 Å². The summed E-state index contributed by atoms with van der Waals surface area (Å²) in [7, 11) is -3.59. The molecule has 0 aromatic heterocycles. The fourth-order valence-corrected chi connectivity index (χ4v) is 5.65. The second kappa shape index (κ2) is 8.65. The van der Waals surface area contributed by atoms with E-state index in [9.17, 15) is 13.2 Å². The van der Waals surface area contributed by atoms with E-state index in [4.69, 9.17) is 4.74 Å². The van der Waals surface area contributed by atoms with E-state index in [1.165, 1.54) is 10.4 Å². The lowest BCUT2D eigenvalue weighted by Gasteiger charge is -2.33. The van der Waals surface area contributed by atoms with Gasteiger partial charge in [-0.25, -0.2) is 8.42 Å². The molecule has 0 unspecified atom stereocenters. The van der Waals surface area contributed by atoms with Crippen molar-refractivity contribution in [2.24, 2.45) is 0 Å². The Balaban J connectivity index is 1.26. The quantitative estimate of drug-likeness (QED) is 0.727. The molecule has 29 heavy (non-hydrogen) atoms. The molecule has 4 rings (SSSR count). The Morgan fingerprint density at radius 1 is 0.931 bits per heavy atom. The molecule has 0 radical (unpaired) electrons. The van der Waals surface area contributed by atoms with Crippen LogP contribution in [0.1, 0.15) is 29.6 Å². The summed E-state index contributed by atoms with van der Waals surface area (Å²) in [6.45, 7) is 2.99. The maximum Gasteiger partial charge on any atom is 0.244 e. The number of hydrogen-bond donors (Lipinski definition) is 0. The van der Waals surface area contributed by atoms with Crippen LogP contribution in [0, 0.1) is 0 Å². The lowest BCUT2D eigenvalue weighted by Crippen LogP contribution is -2.43. The monoisotopic (exact) mass is 414 g/mol. The standard InChI is InChI=1S/C22H26N2O4S/c25-21-17-24(29(26,27)22-10-5-4-9-20(21)22)14-6-13-23-15-11-19(12-16-23)28-18-7-2-1-3-8-18/h1-5,7-10,19H,6,11-17H2. The van der Waals surface area contributed by atoms with Crippen LogP contribution in [-0.4, -0.2) is 62.2 Å². The zero-order valence-corrected chi connectivity index (χ0v) is 17.2. The number of piperidine rings is 1. The zero-order chi connectivity index (χ0) is 20.3. The van der Waals surface area contributed by atoms with Gasteiger partial charge in [0.15, 0.2) is 5.78 Å². The molecule has 2 aromatic rings. The summed E-state index contributed by atoms with van der Waals surface area (Å²) in [4.78, 5) is 14.8. The molecule has 2 aromatic carbocycles.